The first-order valence-corrected chi connectivity index (χ1v) is 6.24. The molecule has 0 bridgehead atoms. The molecule has 3 nitrogen and oxygen atoms in total. The molecular weight excluding hydrogens is 240 g/mol. The minimum absolute atomic E-state index is 0.217. The largest absolute Gasteiger partial charge is 0.468 e. The van der Waals surface area contributed by atoms with Crippen LogP contribution in [0.25, 0.3) is 0 Å². The molecule has 1 aliphatic carbocycles. The van der Waals surface area contributed by atoms with Gasteiger partial charge in [0.15, 0.2) is 5.78 Å². The molecule has 1 saturated carbocycles. The number of hydrogen-bond donors (Lipinski definition) is 0. The van der Waals surface area contributed by atoms with Crippen LogP contribution in [-0.2, 0) is 19.7 Å². The summed E-state index contributed by atoms with van der Waals surface area (Å²) in [4.78, 5) is 24.6. The van der Waals surface area contributed by atoms with Gasteiger partial charge in [-0.15, -0.1) is 0 Å². The zero-order valence-electron chi connectivity index (χ0n) is 11.5. The molecule has 1 aromatic rings. The minimum atomic E-state index is -1.10. The van der Waals surface area contributed by atoms with Crippen molar-refractivity contribution in [2.45, 2.75) is 25.7 Å². The van der Waals surface area contributed by atoms with Gasteiger partial charge in [0.05, 0.1) is 7.11 Å². The van der Waals surface area contributed by atoms with Crippen LogP contribution >= 0.6 is 0 Å². The zero-order valence-corrected chi connectivity index (χ0v) is 11.5. The van der Waals surface area contributed by atoms with E-state index in [1.807, 2.05) is 37.3 Å². The van der Waals surface area contributed by atoms with E-state index in [0.29, 0.717) is 12.0 Å². The molecular formula is C16H18O3. The highest BCUT2D eigenvalue weighted by atomic mass is 16.5. The molecule has 0 saturated heterocycles. The summed E-state index contributed by atoms with van der Waals surface area (Å²) >= 11 is 0. The number of methoxy groups -OCH3 is 1. The minimum Gasteiger partial charge on any atom is -0.468 e. The second-order valence-corrected chi connectivity index (χ2v) is 5.38. The molecule has 3 heteroatoms. The van der Waals surface area contributed by atoms with Crippen LogP contribution in [0.3, 0.4) is 0 Å². The number of allylic oxidation sites excluding steroid dienone is 1. The van der Waals surface area contributed by atoms with Crippen molar-refractivity contribution >= 4 is 11.8 Å². The van der Waals surface area contributed by atoms with E-state index in [-0.39, 0.29) is 5.78 Å². The number of ether oxygens (including phenoxy) is 1. The van der Waals surface area contributed by atoms with Crippen LogP contribution in [0, 0.1) is 5.41 Å². The molecule has 1 aromatic carbocycles. The van der Waals surface area contributed by atoms with Gasteiger partial charge in [-0.25, -0.2) is 0 Å². The van der Waals surface area contributed by atoms with Crippen LogP contribution in [0.1, 0.15) is 25.8 Å². The molecule has 0 amide bonds. The average Bonchev–Trinajstić information content (AvgIpc) is 3.07. The van der Waals surface area contributed by atoms with Gasteiger partial charge in [-0.1, -0.05) is 43.8 Å². The van der Waals surface area contributed by atoms with Crippen molar-refractivity contribution in [1.82, 2.24) is 0 Å². The van der Waals surface area contributed by atoms with E-state index < -0.39 is 16.8 Å². The molecule has 19 heavy (non-hydrogen) atoms. The number of carbonyl (C=O) groups is 2. The number of esters is 1. The van der Waals surface area contributed by atoms with E-state index in [9.17, 15) is 9.59 Å². The van der Waals surface area contributed by atoms with Crippen molar-refractivity contribution in [3.05, 3.63) is 48.0 Å². The summed E-state index contributed by atoms with van der Waals surface area (Å²) in [6.07, 6.45) is 0.475. The quantitative estimate of drug-likeness (QED) is 0.474. The molecule has 2 unspecified atom stereocenters. The van der Waals surface area contributed by atoms with Crippen molar-refractivity contribution < 1.29 is 14.3 Å². The Kier molecular flexibility index (Phi) is 3.09. The fourth-order valence-electron chi connectivity index (χ4n) is 2.90. The summed E-state index contributed by atoms with van der Waals surface area (Å²) in [5.41, 5.74) is -0.230. The van der Waals surface area contributed by atoms with Gasteiger partial charge in [-0.3, -0.25) is 9.59 Å². The Morgan fingerprint density at radius 3 is 2.32 bits per heavy atom. The van der Waals surface area contributed by atoms with Gasteiger partial charge >= 0.3 is 5.97 Å². The smallest absolute Gasteiger partial charge is 0.320 e. The first kappa shape index (κ1) is 13.5. The van der Waals surface area contributed by atoms with Crippen molar-refractivity contribution in [2.75, 3.05) is 7.11 Å². The van der Waals surface area contributed by atoms with Crippen molar-refractivity contribution in [2.24, 2.45) is 5.41 Å². The first-order chi connectivity index (χ1) is 8.90. The van der Waals surface area contributed by atoms with Crippen LogP contribution < -0.4 is 0 Å². The van der Waals surface area contributed by atoms with E-state index >= 15 is 0 Å². The first-order valence-electron chi connectivity index (χ1n) is 6.24. The Bertz CT molecular complexity index is 546. The fourth-order valence-corrected chi connectivity index (χ4v) is 2.90. The summed E-state index contributed by atoms with van der Waals surface area (Å²) in [6, 6.07) is 9.61. The lowest BCUT2D eigenvalue weighted by atomic mass is 9.83. The summed E-state index contributed by atoms with van der Waals surface area (Å²) < 4.78 is 4.86. The third kappa shape index (κ3) is 1.72. The molecule has 0 spiro atoms. The van der Waals surface area contributed by atoms with Crippen molar-refractivity contribution in [3.8, 4) is 0 Å². The van der Waals surface area contributed by atoms with E-state index in [1.165, 1.54) is 7.11 Å². The van der Waals surface area contributed by atoms with Gasteiger partial charge in [0, 0.05) is 5.41 Å². The SMILES string of the molecule is C=C(C)C(=O)C1(C(=O)OC)CC1(C)c1ccccc1. The van der Waals surface area contributed by atoms with Crippen LogP contribution in [-0.4, -0.2) is 18.9 Å². The number of Topliss-reactive ketones (excluding diaryl/α,β-unsaturated/α-hetero) is 1. The summed E-state index contributed by atoms with van der Waals surface area (Å²) in [5.74, 6) is -0.683. The van der Waals surface area contributed by atoms with E-state index in [0.717, 1.165) is 5.56 Å². The zero-order chi connectivity index (χ0) is 14.3. The molecule has 100 valence electrons. The average molecular weight is 258 g/mol. The van der Waals surface area contributed by atoms with Crippen molar-refractivity contribution in [3.63, 3.8) is 0 Å². The molecule has 0 N–H and O–H groups in total. The predicted molar refractivity (Wildman–Crippen MR) is 72.7 cm³/mol. The lowest BCUT2D eigenvalue weighted by molar-refractivity contribution is -0.151. The van der Waals surface area contributed by atoms with Crippen LogP contribution in [0.4, 0.5) is 0 Å². The highest BCUT2D eigenvalue weighted by molar-refractivity contribution is 6.16. The highest BCUT2D eigenvalue weighted by Gasteiger charge is 2.74. The van der Waals surface area contributed by atoms with Crippen molar-refractivity contribution in [1.29, 1.82) is 0 Å². The fraction of sp³-hybridized carbons (Fsp3) is 0.375. The molecule has 2 rings (SSSR count). The maximum atomic E-state index is 12.4. The van der Waals surface area contributed by atoms with Crippen LogP contribution in [0.15, 0.2) is 42.5 Å². The van der Waals surface area contributed by atoms with E-state index in [1.54, 1.807) is 6.92 Å². The molecule has 0 radical (unpaired) electrons. The maximum absolute atomic E-state index is 12.4. The molecule has 0 heterocycles. The summed E-state index contributed by atoms with van der Waals surface area (Å²) in [5, 5.41) is 0. The highest BCUT2D eigenvalue weighted by Crippen LogP contribution is 2.66. The number of hydrogen-bond acceptors (Lipinski definition) is 3. The molecule has 0 aromatic heterocycles. The lowest BCUT2D eigenvalue weighted by Crippen LogP contribution is -2.34. The number of benzene rings is 1. The van der Waals surface area contributed by atoms with Gasteiger partial charge in [-0.2, -0.15) is 0 Å². The summed E-state index contributed by atoms with van der Waals surface area (Å²) in [7, 11) is 1.32. The lowest BCUT2D eigenvalue weighted by Gasteiger charge is -2.20. The summed E-state index contributed by atoms with van der Waals surface area (Å²) in [6.45, 7) is 7.25. The van der Waals surface area contributed by atoms with Gasteiger partial charge in [0.25, 0.3) is 0 Å². The predicted octanol–water partition coefficient (Wildman–Crippen LogP) is 2.65. The normalized spacial score (nSPS) is 28.6. The maximum Gasteiger partial charge on any atom is 0.320 e. The Balaban J connectivity index is 2.49. The Morgan fingerprint density at radius 2 is 1.84 bits per heavy atom. The topological polar surface area (TPSA) is 43.4 Å². The third-order valence-corrected chi connectivity index (χ3v) is 4.16. The van der Waals surface area contributed by atoms with E-state index in [2.05, 4.69) is 6.58 Å². The van der Waals surface area contributed by atoms with Gasteiger partial charge in [-0.05, 0) is 24.5 Å². The van der Waals surface area contributed by atoms with Crippen LogP contribution in [0.2, 0.25) is 0 Å². The van der Waals surface area contributed by atoms with Gasteiger partial charge in [0.2, 0.25) is 0 Å². The molecule has 0 aliphatic heterocycles. The Morgan fingerprint density at radius 1 is 1.26 bits per heavy atom. The Labute approximate surface area is 113 Å². The third-order valence-electron chi connectivity index (χ3n) is 4.16. The second-order valence-electron chi connectivity index (χ2n) is 5.38. The molecule has 1 fully saturated rings. The number of ketones is 1. The van der Waals surface area contributed by atoms with E-state index in [4.69, 9.17) is 4.74 Å². The number of carbonyl (C=O) groups excluding carboxylic acids is 2. The Hall–Kier alpha value is -1.90. The second kappa shape index (κ2) is 4.34. The van der Waals surface area contributed by atoms with Gasteiger partial charge < -0.3 is 4.74 Å². The number of rotatable bonds is 4. The molecule has 2 atom stereocenters. The molecule has 1 aliphatic rings. The van der Waals surface area contributed by atoms with Gasteiger partial charge in [0.1, 0.15) is 5.41 Å². The monoisotopic (exact) mass is 258 g/mol. The standard InChI is InChI=1S/C16H18O3/c1-11(2)13(17)16(14(18)19-4)10-15(16,3)12-8-6-5-7-9-12/h5-9H,1,10H2,2-4H3. The van der Waals surface area contributed by atoms with Crippen LogP contribution in [0.5, 0.6) is 0 Å².